The number of ether oxygens (including phenoxy) is 1. The SMILES string of the molecule is CC(C)(C)OC(=O)N[C@@H](Cn1c(=O)c(-c2ccccc2)nn(Cc2c(F)cccc2F)c1=O)c1ccccc1. The Morgan fingerprint density at radius 3 is 2.10 bits per heavy atom. The molecule has 0 aliphatic carbocycles. The van der Waals surface area contributed by atoms with Crippen LogP contribution in [0, 0.1) is 11.6 Å². The molecule has 4 aromatic rings. The number of hydrogen-bond donors (Lipinski definition) is 1. The summed E-state index contributed by atoms with van der Waals surface area (Å²) < 4.78 is 36.1. The second-order valence-corrected chi connectivity index (χ2v) is 9.88. The maximum absolute atomic E-state index is 14.5. The van der Waals surface area contributed by atoms with E-state index in [1.54, 1.807) is 81.4 Å². The number of aromatic nitrogens is 3. The molecule has 0 aliphatic heterocycles. The molecule has 0 bridgehead atoms. The Bertz CT molecular complexity index is 1560. The standard InChI is InChI=1S/C29H28F2N4O4/c1-29(2,3)39-27(37)32-24(19-11-6-4-7-12-19)18-34-26(36)25(20-13-8-5-9-14-20)33-35(28(34)38)17-21-22(30)15-10-16-23(21)31/h4-16,24H,17-18H2,1-3H3,(H,32,37)/t24-/m0/s1. The van der Waals surface area contributed by atoms with Crippen molar-refractivity contribution < 1.29 is 18.3 Å². The average molecular weight is 535 g/mol. The Morgan fingerprint density at radius 1 is 0.923 bits per heavy atom. The van der Waals surface area contributed by atoms with Crippen LogP contribution in [0.3, 0.4) is 0 Å². The summed E-state index contributed by atoms with van der Waals surface area (Å²) in [5, 5.41) is 6.93. The molecular weight excluding hydrogens is 506 g/mol. The zero-order chi connectivity index (χ0) is 28.2. The van der Waals surface area contributed by atoms with Crippen molar-refractivity contribution in [2.45, 2.75) is 45.5 Å². The minimum absolute atomic E-state index is 0.0870. The van der Waals surface area contributed by atoms with Crippen molar-refractivity contribution in [2.24, 2.45) is 0 Å². The fraction of sp³-hybridized carbons (Fsp3) is 0.241. The molecule has 0 fully saturated rings. The van der Waals surface area contributed by atoms with Crippen LogP contribution in [0.2, 0.25) is 0 Å². The Hall–Kier alpha value is -4.60. The maximum atomic E-state index is 14.5. The number of benzene rings is 3. The van der Waals surface area contributed by atoms with Gasteiger partial charge in [0.05, 0.1) is 19.1 Å². The Kier molecular flexibility index (Phi) is 8.04. The summed E-state index contributed by atoms with van der Waals surface area (Å²) in [7, 11) is 0. The lowest BCUT2D eigenvalue weighted by Crippen LogP contribution is -2.46. The van der Waals surface area contributed by atoms with Crippen LogP contribution in [0.5, 0.6) is 0 Å². The highest BCUT2D eigenvalue weighted by molar-refractivity contribution is 5.68. The number of alkyl carbamates (subject to hydrolysis) is 1. The van der Waals surface area contributed by atoms with Gasteiger partial charge in [0.15, 0.2) is 5.69 Å². The van der Waals surface area contributed by atoms with E-state index in [1.165, 1.54) is 6.07 Å². The molecule has 3 aromatic carbocycles. The quantitative estimate of drug-likeness (QED) is 0.372. The Labute approximate surface area is 223 Å². The van der Waals surface area contributed by atoms with Gasteiger partial charge < -0.3 is 10.1 Å². The van der Waals surface area contributed by atoms with Gasteiger partial charge in [-0.05, 0) is 38.5 Å². The normalized spacial score (nSPS) is 12.1. The molecule has 0 saturated heterocycles. The monoisotopic (exact) mass is 534 g/mol. The molecule has 0 spiro atoms. The van der Waals surface area contributed by atoms with Gasteiger partial charge in [0.1, 0.15) is 17.2 Å². The highest BCUT2D eigenvalue weighted by Crippen LogP contribution is 2.18. The van der Waals surface area contributed by atoms with E-state index in [4.69, 9.17) is 4.74 Å². The highest BCUT2D eigenvalue weighted by Gasteiger charge is 2.24. The van der Waals surface area contributed by atoms with Crippen LogP contribution in [-0.2, 0) is 17.8 Å². The largest absolute Gasteiger partial charge is 0.444 e. The fourth-order valence-electron chi connectivity index (χ4n) is 3.99. The Balaban J connectivity index is 1.84. The lowest BCUT2D eigenvalue weighted by molar-refractivity contribution is 0.0497. The molecule has 1 heterocycles. The van der Waals surface area contributed by atoms with E-state index in [2.05, 4.69) is 10.4 Å². The van der Waals surface area contributed by atoms with Gasteiger partial charge >= 0.3 is 11.8 Å². The Morgan fingerprint density at radius 2 is 1.51 bits per heavy atom. The average Bonchev–Trinajstić information content (AvgIpc) is 2.89. The number of amides is 1. The summed E-state index contributed by atoms with van der Waals surface area (Å²) in [6.07, 6.45) is -0.740. The van der Waals surface area contributed by atoms with E-state index in [9.17, 15) is 23.2 Å². The third-order valence-corrected chi connectivity index (χ3v) is 5.80. The van der Waals surface area contributed by atoms with Crippen molar-refractivity contribution in [3.8, 4) is 11.3 Å². The van der Waals surface area contributed by atoms with E-state index in [1.807, 2.05) is 0 Å². The van der Waals surface area contributed by atoms with Crippen LogP contribution in [0.25, 0.3) is 11.3 Å². The third-order valence-electron chi connectivity index (χ3n) is 5.80. The topological polar surface area (TPSA) is 95.2 Å². The van der Waals surface area contributed by atoms with E-state index < -0.39 is 47.2 Å². The molecule has 0 unspecified atom stereocenters. The van der Waals surface area contributed by atoms with Crippen LogP contribution in [0.1, 0.15) is 37.9 Å². The minimum atomic E-state index is -0.894. The zero-order valence-electron chi connectivity index (χ0n) is 21.7. The van der Waals surface area contributed by atoms with Crippen LogP contribution in [0.15, 0.2) is 88.5 Å². The van der Waals surface area contributed by atoms with Crippen molar-refractivity contribution in [1.29, 1.82) is 0 Å². The number of nitrogens with one attached hydrogen (secondary N) is 1. The molecule has 202 valence electrons. The first-order valence-corrected chi connectivity index (χ1v) is 12.3. The number of carbonyl (C=O) groups excluding carboxylic acids is 1. The van der Waals surface area contributed by atoms with Gasteiger partial charge in [-0.2, -0.15) is 5.10 Å². The fourth-order valence-corrected chi connectivity index (χ4v) is 3.99. The van der Waals surface area contributed by atoms with E-state index >= 15 is 0 Å². The molecule has 1 aromatic heterocycles. The number of nitrogens with zero attached hydrogens (tertiary/aromatic N) is 3. The summed E-state index contributed by atoms with van der Waals surface area (Å²) >= 11 is 0. The summed E-state index contributed by atoms with van der Waals surface area (Å²) in [5.74, 6) is -1.70. The molecule has 4 rings (SSSR count). The van der Waals surface area contributed by atoms with Crippen LogP contribution in [0.4, 0.5) is 13.6 Å². The lowest BCUT2D eigenvalue weighted by atomic mass is 10.1. The molecule has 1 amide bonds. The summed E-state index contributed by atoms with van der Waals surface area (Å²) in [4.78, 5) is 39.8. The number of rotatable bonds is 7. The maximum Gasteiger partial charge on any atom is 0.408 e. The highest BCUT2D eigenvalue weighted by atomic mass is 19.1. The second-order valence-electron chi connectivity index (χ2n) is 9.88. The summed E-state index contributed by atoms with van der Waals surface area (Å²) in [6, 6.07) is 19.7. The zero-order valence-corrected chi connectivity index (χ0v) is 21.7. The van der Waals surface area contributed by atoms with Gasteiger partial charge in [0, 0.05) is 11.1 Å². The van der Waals surface area contributed by atoms with E-state index in [-0.39, 0.29) is 17.8 Å². The number of carbonyl (C=O) groups is 1. The predicted octanol–water partition coefficient (Wildman–Crippen LogP) is 4.66. The van der Waals surface area contributed by atoms with Crippen LogP contribution >= 0.6 is 0 Å². The summed E-state index contributed by atoms with van der Waals surface area (Å²) in [6.45, 7) is 4.30. The van der Waals surface area contributed by atoms with Gasteiger partial charge in [-0.3, -0.25) is 9.36 Å². The second kappa shape index (κ2) is 11.4. The van der Waals surface area contributed by atoms with Crippen molar-refractivity contribution in [1.82, 2.24) is 19.7 Å². The minimum Gasteiger partial charge on any atom is -0.444 e. The molecule has 8 nitrogen and oxygen atoms in total. The number of halogens is 2. The van der Waals surface area contributed by atoms with Crippen molar-refractivity contribution in [2.75, 3.05) is 0 Å². The first kappa shape index (κ1) is 27.4. The smallest absolute Gasteiger partial charge is 0.408 e. The summed E-state index contributed by atoms with van der Waals surface area (Å²) in [5.41, 5.74) is -1.83. The first-order valence-electron chi connectivity index (χ1n) is 12.3. The molecule has 39 heavy (non-hydrogen) atoms. The molecule has 0 aliphatic rings. The van der Waals surface area contributed by atoms with Crippen LogP contribution < -0.4 is 16.6 Å². The van der Waals surface area contributed by atoms with Crippen molar-refractivity contribution in [3.63, 3.8) is 0 Å². The molecule has 1 atom stereocenters. The van der Waals surface area contributed by atoms with Gasteiger partial charge in [0.2, 0.25) is 0 Å². The van der Waals surface area contributed by atoms with E-state index in [0.717, 1.165) is 21.4 Å². The van der Waals surface area contributed by atoms with Crippen molar-refractivity contribution in [3.05, 3.63) is 122 Å². The van der Waals surface area contributed by atoms with Crippen LogP contribution in [-0.4, -0.2) is 26.0 Å². The van der Waals surface area contributed by atoms with Gasteiger partial charge in [-0.25, -0.2) is 23.1 Å². The van der Waals surface area contributed by atoms with Gasteiger partial charge in [0.25, 0.3) is 5.56 Å². The lowest BCUT2D eigenvalue weighted by Gasteiger charge is -2.24. The van der Waals surface area contributed by atoms with Crippen molar-refractivity contribution >= 4 is 6.09 Å². The number of hydrogen-bond acceptors (Lipinski definition) is 5. The van der Waals surface area contributed by atoms with Gasteiger partial charge in [-0.1, -0.05) is 66.7 Å². The van der Waals surface area contributed by atoms with Gasteiger partial charge in [-0.15, -0.1) is 0 Å². The molecular formula is C29H28F2N4O4. The molecule has 0 radical (unpaired) electrons. The third kappa shape index (κ3) is 6.64. The molecule has 0 saturated carbocycles. The first-order chi connectivity index (χ1) is 18.5. The molecule has 10 heteroatoms. The van der Waals surface area contributed by atoms with E-state index in [0.29, 0.717) is 11.1 Å². The predicted molar refractivity (Wildman–Crippen MR) is 142 cm³/mol. The molecule has 1 N–H and O–H groups in total.